The number of fused-ring (bicyclic) bond motifs is 1. The molecule has 0 saturated carbocycles. The van der Waals surface area contributed by atoms with E-state index in [2.05, 4.69) is 22.1 Å². The zero-order chi connectivity index (χ0) is 19.2. The van der Waals surface area contributed by atoms with Crippen LogP contribution in [0.4, 0.5) is 0 Å². The zero-order valence-electron chi connectivity index (χ0n) is 16.4. The molecule has 0 unspecified atom stereocenters. The SMILES string of the molecule is C[C@H]1CCCCN1CCCNC(=O)CCc1nc2ccccc2c(=O)n1C. The highest BCUT2D eigenvalue weighted by Crippen LogP contribution is 2.16. The predicted molar refractivity (Wildman–Crippen MR) is 108 cm³/mol. The van der Waals surface area contributed by atoms with Gasteiger partial charge < -0.3 is 10.2 Å². The van der Waals surface area contributed by atoms with Crippen molar-refractivity contribution in [2.45, 2.75) is 51.5 Å². The fourth-order valence-corrected chi connectivity index (χ4v) is 3.80. The normalized spacial score (nSPS) is 17.9. The van der Waals surface area contributed by atoms with Crippen LogP contribution in [0.25, 0.3) is 10.9 Å². The van der Waals surface area contributed by atoms with Crippen LogP contribution in [0, 0.1) is 0 Å². The molecule has 1 aromatic carbocycles. The lowest BCUT2D eigenvalue weighted by Crippen LogP contribution is -2.39. The number of benzene rings is 1. The number of para-hydroxylation sites is 1. The minimum atomic E-state index is -0.0633. The van der Waals surface area contributed by atoms with Crippen LogP contribution in [-0.4, -0.2) is 46.0 Å². The highest BCUT2D eigenvalue weighted by atomic mass is 16.1. The van der Waals surface area contributed by atoms with Gasteiger partial charge >= 0.3 is 0 Å². The number of amides is 1. The zero-order valence-corrected chi connectivity index (χ0v) is 16.4. The van der Waals surface area contributed by atoms with Gasteiger partial charge in [0.15, 0.2) is 0 Å². The first kappa shape index (κ1) is 19.5. The Morgan fingerprint density at radius 1 is 1.30 bits per heavy atom. The molecule has 1 aliphatic rings. The van der Waals surface area contributed by atoms with E-state index in [1.165, 1.54) is 25.8 Å². The molecule has 2 aromatic rings. The molecule has 1 aliphatic heterocycles. The Kier molecular flexibility index (Phi) is 6.61. The van der Waals surface area contributed by atoms with Gasteiger partial charge in [-0.2, -0.15) is 0 Å². The van der Waals surface area contributed by atoms with E-state index in [9.17, 15) is 9.59 Å². The first-order chi connectivity index (χ1) is 13.1. The Morgan fingerprint density at radius 2 is 2.11 bits per heavy atom. The highest BCUT2D eigenvalue weighted by molar-refractivity contribution is 5.78. The van der Waals surface area contributed by atoms with Crippen LogP contribution >= 0.6 is 0 Å². The van der Waals surface area contributed by atoms with Gasteiger partial charge in [0.1, 0.15) is 5.82 Å². The predicted octanol–water partition coefficient (Wildman–Crippen LogP) is 2.25. The second-order valence-electron chi connectivity index (χ2n) is 7.49. The van der Waals surface area contributed by atoms with Crippen LogP contribution in [0.1, 0.15) is 44.9 Å². The van der Waals surface area contributed by atoms with Crippen LogP contribution < -0.4 is 10.9 Å². The van der Waals surface area contributed by atoms with Gasteiger partial charge in [0.05, 0.1) is 10.9 Å². The van der Waals surface area contributed by atoms with Crippen molar-refractivity contribution in [1.29, 1.82) is 0 Å². The number of aryl methyl sites for hydroxylation is 1. The first-order valence-corrected chi connectivity index (χ1v) is 10.0. The summed E-state index contributed by atoms with van der Waals surface area (Å²) in [6, 6.07) is 7.99. The molecule has 1 N–H and O–H groups in total. The number of likely N-dealkylation sites (tertiary alicyclic amines) is 1. The van der Waals surface area contributed by atoms with Gasteiger partial charge in [-0.25, -0.2) is 4.98 Å². The third-order valence-corrected chi connectivity index (χ3v) is 5.54. The van der Waals surface area contributed by atoms with Gasteiger partial charge in [-0.05, 0) is 44.9 Å². The lowest BCUT2D eigenvalue weighted by atomic mass is 10.0. The minimum Gasteiger partial charge on any atom is -0.356 e. The van der Waals surface area contributed by atoms with Gasteiger partial charge in [-0.1, -0.05) is 18.6 Å². The molecule has 1 fully saturated rings. The van der Waals surface area contributed by atoms with E-state index in [-0.39, 0.29) is 11.5 Å². The molecule has 1 aromatic heterocycles. The van der Waals surface area contributed by atoms with Gasteiger partial charge in [-0.3, -0.25) is 14.2 Å². The monoisotopic (exact) mass is 370 g/mol. The van der Waals surface area contributed by atoms with E-state index in [1.807, 2.05) is 18.2 Å². The molecule has 146 valence electrons. The fraction of sp³-hybridized carbons (Fsp3) is 0.571. The van der Waals surface area contributed by atoms with Gasteiger partial charge in [-0.15, -0.1) is 0 Å². The van der Waals surface area contributed by atoms with E-state index in [0.29, 0.717) is 42.2 Å². The summed E-state index contributed by atoms with van der Waals surface area (Å²) >= 11 is 0. The summed E-state index contributed by atoms with van der Waals surface area (Å²) in [5.74, 6) is 0.667. The molecule has 0 bridgehead atoms. The quantitative estimate of drug-likeness (QED) is 0.759. The molecule has 6 heteroatoms. The van der Waals surface area contributed by atoms with Gasteiger partial charge in [0, 0.05) is 39.0 Å². The van der Waals surface area contributed by atoms with Crippen LogP contribution in [0.15, 0.2) is 29.1 Å². The van der Waals surface area contributed by atoms with Gasteiger partial charge in [0.2, 0.25) is 5.91 Å². The van der Waals surface area contributed by atoms with Gasteiger partial charge in [0.25, 0.3) is 5.56 Å². The molecular formula is C21H30N4O2. The average Bonchev–Trinajstić information content (AvgIpc) is 2.68. The van der Waals surface area contributed by atoms with Crippen molar-refractivity contribution in [3.8, 4) is 0 Å². The molecule has 3 rings (SSSR count). The second kappa shape index (κ2) is 9.13. The molecular weight excluding hydrogens is 340 g/mol. The number of hydrogen-bond acceptors (Lipinski definition) is 4. The molecule has 27 heavy (non-hydrogen) atoms. The van der Waals surface area contributed by atoms with Crippen LogP contribution in [0.3, 0.4) is 0 Å². The molecule has 6 nitrogen and oxygen atoms in total. The van der Waals surface area contributed by atoms with E-state index < -0.39 is 0 Å². The molecule has 0 radical (unpaired) electrons. The summed E-state index contributed by atoms with van der Waals surface area (Å²) in [6.07, 6.45) is 5.69. The van der Waals surface area contributed by atoms with Crippen LogP contribution in [-0.2, 0) is 18.3 Å². The van der Waals surface area contributed by atoms with E-state index in [4.69, 9.17) is 0 Å². The van der Waals surface area contributed by atoms with Crippen molar-refractivity contribution >= 4 is 16.8 Å². The van der Waals surface area contributed by atoms with Crippen LogP contribution in [0.5, 0.6) is 0 Å². The summed E-state index contributed by atoms with van der Waals surface area (Å²) in [5.41, 5.74) is 0.623. The summed E-state index contributed by atoms with van der Waals surface area (Å²) in [7, 11) is 1.72. The van der Waals surface area contributed by atoms with Crippen molar-refractivity contribution < 1.29 is 4.79 Å². The number of aromatic nitrogens is 2. The number of nitrogens with one attached hydrogen (secondary N) is 1. The number of carbonyl (C=O) groups is 1. The maximum absolute atomic E-state index is 12.4. The van der Waals surface area contributed by atoms with Crippen LogP contribution in [0.2, 0.25) is 0 Å². The Hall–Kier alpha value is -2.21. The minimum absolute atomic E-state index is 0.0177. The summed E-state index contributed by atoms with van der Waals surface area (Å²) in [5, 5.41) is 3.61. The standard InChI is InChI=1S/C21H30N4O2/c1-16-8-5-6-14-25(16)15-7-13-22-20(26)12-11-19-23-18-10-4-3-9-17(18)21(27)24(19)2/h3-4,9-10,16H,5-8,11-15H2,1-2H3,(H,22,26)/t16-/m0/s1. The molecule has 1 saturated heterocycles. The van der Waals surface area contributed by atoms with Crippen molar-refractivity contribution in [3.63, 3.8) is 0 Å². The first-order valence-electron chi connectivity index (χ1n) is 10.0. The van der Waals surface area contributed by atoms with E-state index in [0.717, 1.165) is 13.0 Å². The van der Waals surface area contributed by atoms with Crippen molar-refractivity contribution in [1.82, 2.24) is 19.8 Å². The molecule has 1 atom stereocenters. The second-order valence-corrected chi connectivity index (χ2v) is 7.49. The third-order valence-electron chi connectivity index (χ3n) is 5.54. The number of piperidine rings is 1. The number of hydrogen-bond donors (Lipinski definition) is 1. The maximum Gasteiger partial charge on any atom is 0.261 e. The molecule has 1 amide bonds. The summed E-state index contributed by atoms with van der Waals surface area (Å²) in [4.78, 5) is 31.6. The Morgan fingerprint density at radius 3 is 2.93 bits per heavy atom. The van der Waals surface area contributed by atoms with Crippen molar-refractivity contribution in [2.24, 2.45) is 7.05 Å². The lowest BCUT2D eigenvalue weighted by Gasteiger charge is -2.33. The number of rotatable bonds is 7. The Bertz CT molecular complexity index is 846. The maximum atomic E-state index is 12.4. The molecule has 2 heterocycles. The summed E-state index contributed by atoms with van der Waals surface area (Å²) < 4.78 is 1.55. The number of nitrogens with zero attached hydrogens (tertiary/aromatic N) is 3. The Balaban J connectivity index is 1.46. The lowest BCUT2D eigenvalue weighted by molar-refractivity contribution is -0.121. The van der Waals surface area contributed by atoms with Crippen molar-refractivity contribution in [2.75, 3.05) is 19.6 Å². The largest absolute Gasteiger partial charge is 0.356 e. The smallest absolute Gasteiger partial charge is 0.261 e. The Labute approximate surface area is 160 Å². The number of carbonyl (C=O) groups excluding carboxylic acids is 1. The van der Waals surface area contributed by atoms with E-state index >= 15 is 0 Å². The third kappa shape index (κ3) is 4.95. The van der Waals surface area contributed by atoms with Crippen molar-refractivity contribution in [3.05, 3.63) is 40.4 Å². The summed E-state index contributed by atoms with van der Waals surface area (Å²) in [6.45, 7) is 5.21. The molecule has 0 aliphatic carbocycles. The highest BCUT2D eigenvalue weighted by Gasteiger charge is 2.17. The average molecular weight is 370 g/mol. The van der Waals surface area contributed by atoms with E-state index in [1.54, 1.807) is 17.7 Å². The fourth-order valence-electron chi connectivity index (χ4n) is 3.80. The molecule has 0 spiro atoms. The topological polar surface area (TPSA) is 67.2 Å².